The highest BCUT2D eigenvalue weighted by Gasteiger charge is 2.31. The number of nitrogens with zero attached hydrogens (tertiary/aromatic N) is 2. The van der Waals surface area contributed by atoms with Gasteiger partial charge >= 0.3 is 0 Å². The van der Waals surface area contributed by atoms with Gasteiger partial charge in [-0.3, -0.25) is 14.6 Å². The van der Waals surface area contributed by atoms with Crippen LogP contribution in [-0.2, 0) is 11.6 Å². The number of fused-ring (bicyclic) bond motifs is 1. The molecule has 11 heteroatoms. The lowest BCUT2D eigenvalue weighted by Crippen LogP contribution is -2.25. The van der Waals surface area contributed by atoms with Gasteiger partial charge in [0.25, 0.3) is 11.5 Å². The molecule has 1 amide bonds. The Morgan fingerprint density at radius 3 is 2.53 bits per heavy atom. The molecule has 0 atom stereocenters. The summed E-state index contributed by atoms with van der Waals surface area (Å²) in [6.45, 7) is 6.63. The molecule has 1 aliphatic carbocycles. The van der Waals surface area contributed by atoms with Crippen LogP contribution in [0.5, 0.6) is 11.5 Å². The number of nitrogens with one attached hydrogen (secondary N) is 2. The standard InChI is InChI=1S/C25H26FN4O4PS/c1-12-9-27-10-13(2)20(12)34-21-18(26)25(35(4,5)33)36-22(21)16-11-30(3)24(32)19-15(16)8-17(29-19)23(31)28-14-6-7-14/h8-11,14,29H,6-7H2,1-5H3,(H,28,31). The van der Waals surface area contributed by atoms with Crippen LogP contribution in [0.3, 0.4) is 0 Å². The molecule has 4 aromatic rings. The van der Waals surface area contributed by atoms with Crippen LogP contribution in [0.15, 0.2) is 29.5 Å². The van der Waals surface area contributed by atoms with E-state index in [0.717, 1.165) is 35.3 Å². The first-order valence-electron chi connectivity index (χ1n) is 11.5. The van der Waals surface area contributed by atoms with Crippen LogP contribution in [-0.4, -0.2) is 39.8 Å². The monoisotopic (exact) mass is 528 g/mol. The third-order valence-electron chi connectivity index (χ3n) is 6.10. The lowest BCUT2D eigenvalue weighted by molar-refractivity contribution is 0.0947. The fraction of sp³-hybridized carbons (Fsp3) is 0.320. The van der Waals surface area contributed by atoms with Gasteiger partial charge in [-0.25, -0.2) is 4.39 Å². The van der Waals surface area contributed by atoms with Gasteiger partial charge in [-0.05, 0) is 46.1 Å². The van der Waals surface area contributed by atoms with Crippen molar-refractivity contribution in [3.05, 3.63) is 57.6 Å². The quantitative estimate of drug-likeness (QED) is 0.354. The topological polar surface area (TPSA) is 106 Å². The normalized spacial score (nSPS) is 13.8. The number of aryl methyl sites for hydroxylation is 3. The minimum atomic E-state index is -3.00. The van der Waals surface area contributed by atoms with E-state index in [0.29, 0.717) is 21.6 Å². The Morgan fingerprint density at radius 1 is 1.25 bits per heavy atom. The van der Waals surface area contributed by atoms with Crippen LogP contribution in [0, 0.1) is 19.7 Å². The van der Waals surface area contributed by atoms with Crippen molar-refractivity contribution in [3.63, 3.8) is 0 Å². The Labute approximate surface area is 210 Å². The van der Waals surface area contributed by atoms with Crippen molar-refractivity contribution < 1.29 is 18.5 Å². The van der Waals surface area contributed by atoms with Gasteiger partial charge in [0.1, 0.15) is 28.7 Å². The number of carbonyl (C=O) groups is 1. The van der Waals surface area contributed by atoms with Crippen LogP contribution in [0.25, 0.3) is 21.3 Å². The fourth-order valence-corrected chi connectivity index (χ4v) is 6.68. The Balaban J connectivity index is 1.75. The van der Waals surface area contributed by atoms with E-state index in [4.69, 9.17) is 4.74 Å². The molecule has 1 saturated carbocycles. The first-order valence-corrected chi connectivity index (χ1v) is 14.9. The SMILES string of the molecule is Cc1cncc(C)c1Oc1c(-c2cn(C)c(=O)c3[nH]c(C(=O)NC4CC4)cc23)sc(P(C)(C)=O)c1F. The summed E-state index contributed by atoms with van der Waals surface area (Å²) < 4.78 is 36.5. The number of hydrogen-bond acceptors (Lipinski definition) is 6. The highest BCUT2D eigenvalue weighted by atomic mass is 32.1. The molecule has 36 heavy (non-hydrogen) atoms. The Morgan fingerprint density at radius 2 is 1.92 bits per heavy atom. The van der Waals surface area contributed by atoms with Gasteiger partial charge in [0.05, 0.1) is 4.88 Å². The van der Waals surface area contributed by atoms with Crippen molar-refractivity contribution in [1.29, 1.82) is 0 Å². The summed E-state index contributed by atoms with van der Waals surface area (Å²) in [5.41, 5.74) is 2.09. The van der Waals surface area contributed by atoms with E-state index < -0.39 is 13.0 Å². The van der Waals surface area contributed by atoms with E-state index in [-0.39, 0.29) is 39.1 Å². The fourth-order valence-electron chi connectivity index (χ4n) is 4.08. The van der Waals surface area contributed by atoms with Crippen LogP contribution < -0.4 is 20.2 Å². The second kappa shape index (κ2) is 8.71. The van der Waals surface area contributed by atoms with Crippen LogP contribution in [0.1, 0.15) is 34.5 Å². The number of ether oxygens (including phenoxy) is 1. The number of pyridine rings is 2. The molecule has 0 saturated heterocycles. The highest BCUT2D eigenvalue weighted by molar-refractivity contribution is 7.75. The maximum Gasteiger partial charge on any atom is 0.274 e. The summed E-state index contributed by atoms with van der Waals surface area (Å²) in [6.07, 6.45) is 6.70. The number of carbonyl (C=O) groups excluding carboxylic acids is 1. The maximum atomic E-state index is 15.8. The van der Waals surface area contributed by atoms with Gasteiger partial charge in [-0.2, -0.15) is 0 Å². The molecule has 2 N–H and O–H groups in total. The van der Waals surface area contributed by atoms with E-state index in [2.05, 4.69) is 15.3 Å². The first-order chi connectivity index (χ1) is 17.0. The molecule has 0 unspecified atom stereocenters. The zero-order valence-electron chi connectivity index (χ0n) is 20.6. The Hall–Kier alpha value is -3.23. The third kappa shape index (κ3) is 4.29. The van der Waals surface area contributed by atoms with Crippen molar-refractivity contribution in [1.82, 2.24) is 19.9 Å². The molecule has 1 aliphatic rings. The van der Waals surface area contributed by atoms with E-state index in [1.165, 1.54) is 17.9 Å². The van der Waals surface area contributed by atoms with Gasteiger partial charge < -0.3 is 24.2 Å². The van der Waals surface area contributed by atoms with E-state index in [1.54, 1.807) is 31.7 Å². The third-order valence-corrected chi connectivity index (χ3v) is 9.85. The number of rotatable bonds is 6. The summed E-state index contributed by atoms with van der Waals surface area (Å²) >= 11 is 1.04. The molecular weight excluding hydrogens is 502 g/mol. The van der Waals surface area contributed by atoms with Crippen molar-refractivity contribution in [2.45, 2.75) is 32.7 Å². The molecule has 4 heterocycles. The zero-order valence-corrected chi connectivity index (χ0v) is 22.3. The van der Waals surface area contributed by atoms with Gasteiger partial charge in [-0.1, -0.05) is 0 Å². The maximum absolute atomic E-state index is 15.8. The van der Waals surface area contributed by atoms with Crippen molar-refractivity contribution in [2.24, 2.45) is 7.05 Å². The summed E-state index contributed by atoms with van der Waals surface area (Å²) in [7, 11) is -1.41. The van der Waals surface area contributed by atoms with Crippen LogP contribution in [0.2, 0.25) is 0 Å². The number of aromatic nitrogens is 3. The number of H-pyrrole nitrogens is 1. The number of thiophene rings is 1. The molecule has 0 spiro atoms. The van der Waals surface area contributed by atoms with Gasteiger partial charge in [0, 0.05) is 53.8 Å². The molecule has 0 radical (unpaired) electrons. The zero-order chi connectivity index (χ0) is 25.9. The van der Waals surface area contributed by atoms with Crippen LogP contribution in [0.4, 0.5) is 4.39 Å². The summed E-state index contributed by atoms with van der Waals surface area (Å²) in [6, 6.07) is 1.75. The first kappa shape index (κ1) is 24.5. The van der Waals surface area contributed by atoms with Gasteiger partial charge in [0.2, 0.25) is 0 Å². The predicted molar refractivity (Wildman–Crippen MR) is 140 cm³/mol. The Kier molecular flexibility index (Phi) is 5.92. The number of amides is 1. The lowest BCUT2D eigenvalue weighted by Gasteiger charge is -2.13. The highest BCUT2D eigenvalue weighted by Crippen LogP contribution is 2.49. The second-order valence-corrected chi connectivity index (χ2v) is 14.1. The van der Waals surface area contributed by atoms with E-state index in [9.17, 15) is 14.2 Å². The second-order valence-electron chi connectivity index (χ2n) is 9.61. The molecule has 4 aromatic heterocycles. The smallest absolute Gasteiger partial charge is 0.274 e. The lowest BCUT2D eigenvalue weighted by atomic mass is 10.1. The van der Waals surface area contributed by atoms with Crippen molar-refractivity contribution in [2.75, 3.05) is 13.3 Å². The average Bonchev–Trinajstić information content (AvgIpc) is 3.38. The minimum absolute atomic E-state index is 0.0681. The number of aromatic amines is 1. The largest absolute Gasteiger partial charge is 0.452 e. The molecule has 0 bridgehead atoms. The molecule has 5 rings (SSSR count). The Bertz CT molecular complexity index is 1620. The van der Waals surface area contributed by atoms with Gasteiger partial charge in [-0.15, -0.1) is 11.3 Å². The van der Waals surface area contributed by atoms with E-state index in [1.807, 2.05) is 13.8 Å². The molecule has 0 aromatic carbocycles. The minimum Gasteiger partial charge on any atom is -0.452 e. The summed E-state index contributed by atoms with van der Waals surface area (Å²) in [4.78, 5) is 33.1. The van der Waals surface area contributed by atoms with Gasteiger partial charge in [0.15, 0.2) is 11.6 Å². The number of halogens is 1. The van der Waals surface area contributed by atoms with E-state index >= 15 is 4.39 Å². The van der Waals surface area contributed by atoms with Crippen LogP contribution >= 0.6 is 18.5 Å². The molecular formula is C25H26FN4O4PS. The summed E-state index contributed by atoms with van der Waals surface area (Å²) in [5.74, 6) is -0.605. The van der Waals surface area contributed by atoms with Crippen molar-refractivity contribution >= 4 is 39.9 Å². The number of hydrogen-bond donors (Lipinski definition) is 2. The summed E-state index contributed by atoms with van der Waals surface area (Å²) in [5, 5.41) is 3.37. The van der Waals surface area contributed by atoms with Crippen molar-refractivity contribution in [3.8, 4) is 21.9 Å². The predicted octanol–water partition coefficient (Wildman–Crippen LogP) is 4.68. The molecule has 0 aliphatic heterocycles. The molecule has 1 fully saturated rings. The molecule has 188 valence electrons. The molecule has 8 nitrogen and oxygen atoms in total. The average molecular weight is 529 g/mol.